The Balaban J connectivity index is 1.90. The largest absolute Gasteiger partial charge is 0.490 e. The van der Waals surface area contributed by atoms with Crippen LogP contribution in [0.5, 0.6) is 5.06 Å². The molecule has 40 heavy (non-hydrogen) atoms. The van der Waals surface area contributed by atoms with Gasteiger partial charge in [-0.15, -0.1) is 0 Å². The van der Waals surface area contributed by atoms with Crippen molar-refractivity contribution in [3.05, 3.63) is 68.6 Å². The molecule has 1 unspecified atom stereocenters. The van der Waals surface area contributed by atoms with E-state index in [0.29, 0.717) is 17.0 Å². The SMILES string of the molecule is CCCCCC(OC)c1cccc(-c2nc(NC(=O)c3cc(Cl)c(/C=C(\OC)C(=O)O)c(Cl)c3)sc2OC)c1F. The Hall–Kier alpha value is -3.18. The quantitative estimate of drug-likeness (QED) is 0.115. The molecule has 1 amide bonds. The van der Waals surface area contributed by atoms with Gasteiger partial charge in [0.05, 0.1) is 30.4 Å². The van der Waals surface area contributed by atoms with E-state index in [0.717, 1.165) is 36.7 Å². The van der Waals surface area contributed by atoms with Gasteiger partial charge in [0.15, 0.2) is 5.13 Å². The lowest BCUT2D eigenvalue weighted by Crippen LogP contribution is -2.12. The van der Waals surface area contributed by atoms with Gasteiger partial charge in [-0.1, -0.05) is 72.9 Å². The van der Waals surface area contributed by atoms with E-state index in [2.05, 4.69) is 17.2 Å². The van der Waals surface area contributed by atoms with Crippen molar-refractivity contribution in [2.45, 2.75) is 38.7 Å². The minimum Gasteiger partial charge on any atom is -0.490 e. The lowest BCUT2D eigenvalue weighted by molar-refractivity contribution is -0.135. The van der Waals surface area contributed by atoms with Crippen molar-refractivity contribution in [1.29, 1.82) is 0 Å². The Bertz CT molecular complexity index is 1390. The summed E-state index contributed by atoms with van der Waals surface area (Å²) in [7, 11) is 4.19. The number of aromatic nitrogens is 1. The molecular weight excluding hydrogens is 582 g/mol. The predicted octanol–water partition coefficient (Wildman–Crippen LogP) is 7.86. The first-order valence-electron chi connectivity index (χ1n) is 12.3. The Morgan fingerprint density at radius 2 is 1.88 bits per heavy atom. The third-order valence-electron chi connectivity index (χ3n) is 6.03. The molecular formula is C28H29Cl2FN2O6S. The number of carbonyl (C=O) groups is 2. The second kappa shape index (κ2) is 14.5. The number of amides is 1. The fourth-order valence-corrected chi connectivity index (χ4v) is 5.38. The zero-order chi connectivity index (χ0) is 29.4. The van der Waals surface area contributed by atoms with Gasteiger partial charge in [0.25, 0.3) is 5.91 Å². The molecule has 8 nitrogen and oxygen atoms in total. The minimum atomic E-state index is -1.30. The number of aliphatic carboxylic acids is 1. The topological polar surface area (TPSA) is 107 Å². The standard InChI is InChI=1S/C28H29Cl2FN2O6S/c1-5-6-7-11-21(37-2)16-9-8-10-17(23(16)31)24-27(39-4)40-28(32-24)33-25(34)15-12-19(29)18(20(30)13-15)14-22(38-3)26(35)36/h8-10,12-14,21H,5-7,11H2,1-4H3,(H,35,36)(H,32,33,34)/b22-14-. The fraction of sp³-hybridized carbons (Fsp3) is 0.321. The molecule has 0 saturated heterocycles. The van der Waals surface area contributed by atoms with Crippen LogP contribution in [0.25, 0.3) is 17.3 Å². The number of ether oxygens (including phenoxy) is 3. The molecule has 2 N–H and O–H groups in total. The van der Waals surface area contributed by atoms with Crippen LogP contribution in [-0.2, 0) is 14.3 Å². The number of nitrogens with zero attached hydrogens (tertiary/aromatic N) is 1. The first kappa shape index (κ1) is 31.3. The highest BCUT2D eigenvalue weighted by Gasteiger charge is 2.24. The molecule has 0 aliphatic rings. The van der Waals surface area contributed by atoms with Crippen LogP contribution < -0.4 is 10.1 Å². The molecule has 0 saturated carbocycles. The number of carboxylic acids is 1. The van der Waals surface area contributed by atoms with Crippen LogP contribution in [0.3, 0.4) is 0 Å². The average Bonchev–Trinajstić information content (AvgIpc) is 3.33. The van der Waals surface area contributed by atoms with Crippen molar-refractivity contribution in [3.63, 3.8) is 0 Å². The predicted molar refractivity (Wildman–Crippen MR) is 155 cm³/mol. The number of methoxy groups -OCH3 is 3. The molecule has 0 spiro atoms. The third-order valence-corrected chi connectivity index (χ3v) is 7.59. The van der Waals surface area contributed by atoms with Crippen molar-refractivity contribution < 1.29 is 33.3 Å². The highest BCUT2D eigenvalue weighted by atomic mass is 35.5. The van der Waals surface area contributed by atoms with Crippen LogP contribution in [-0.4, -0.2) is 43.3 Å². The summed E-state index contributed by atoms with van der Waals surface area (Å²) >= 11 is 13.6. The van der Waals surface area contributed by atoms with E-state index in [-0.39, 0.29) is 43.3 Å². The molecule has 1 aromatic heterocycles. The van der Waals surface area contributed by atoms with Gasteiger partial charge in [-0.2, -0.15) is 0 Å². The summed E-state index contributed by atoms with van der Waals surface area (Å²) in [4.78, 5) is 28.7. The number of hydrogen-bond donors (Lipinski definition) is 2. The van der Waals surface area contributed by atoms with Crippen molar-refractivity contribution in [2.75, 3.05) is 26.6 Å². The van der Waals surface area contributed by atoms with E-state index in [9.17, 15) is 14.7 Å². The summed E-state index contributed by atoms with van der Waals surface area (Å²) < 4.78 is 31.6. The zero-order valence-electron chi connectivity index (χ0n) is 22.3. The number of benzene rings is 2. The zero-order valence-corrected chi connectivity index (χ0v) is 24.7. The van der Waals surface area contributed by atoms with Crippen molar-refractivity contribution in [3.8, 4) is 16.3 Å². The summed E-state index contributed by atoms with van der Waals surface area (Å²) in [6, 6.07) is 7.69. The third kappa shape index (κ3) is 7.31. The second-order valence-corrected chi connectivity index (χ2v) is 10.4. The highest BCUT2D eigenvalue weighted by Crippen LogP contribution is 2.41. The maximum atomic E-state index is 15.7. The van der Waals surface area contributed by atoms with E-state index >= 15 is 4.39 Å². The van der Waals surface area contributed by atoms with E-state index in [1.807, 2.05) is 0 Å². The molecule has 2 aromatic carbocycles. The van der Waals surface area contributed by atoms with Crippen LogP contribution >= 0.6 is 34.5 Å². The number of carbonyl (C=O) groups excluding carboxylic acids is 1. The number of carboxylic acid groups (broad SMARTS) is 1. The maximum absolute atomic E-state index is 15.7. The number of hydrogen-bond acceptors (Lipinski definition) is 7. The molecule has 214 valence electrons. The first-order valence-corrected chi connectivity index (χ1v) is 13.9. The highest BCUT2D eigenvalue weighted by molar-refractivity contribution is 7.18. The lowest BCUT2D eigenvalue weighted by Gasteiger charge is -2.17. The van der Waals surface area contributed by atoms with Crippen LogP contribution in [0.2, 0.25) is 10.0 Å². The summed E-state index contributed by atoms with van der Waals surface area (Å²) in [6.45, 7) is 2.10. The van der Waals surface area contributed by atoms with Crippen LogP contribution in [0.4, 0.5) is 9.52 Å². The Morgan fingerprint density at radius 1 is 1.18 bits per heavy atom. The van der Waals surface area contributed by atoms with E-state index < -0.39 is 23.8 Å². The number of rotatable bonds is 13. The van der Waals surface area contributed by atoms with Crippen LogP contribution in [0.1, 0.15) is 60.2 Å². The number of thiazole rings is 1. The van der Waals surface area contributed by atoms with Crippen molar-refractivity contribution in [2.24, 2.45) is 0 Å². The van der Waals surface area contributed by atoms with Gasteiger partial charge in [0.2, 0.25) is 10.8 Å². The molecule has 12 heteroatoms. The molecule has 0 aliphatic carbocycles. The summed E-state index contributed by atoms with van der Waals surface area (Å²) in [5.41, 5.74) is 1.16. The first-order chi connectivity index (χ1) is 19.1. The van der Waals surface area contributed by atoms with E-state index in [1.165, 1.54) is 26.4 Å². The smallest absolute Gasteiger partial charge is 0.371 e. The molecule has 3 aromatic rings. The van der Waals surface area contributed by atoms with Crippen LogP contribution in [0, 0.1) is 5.82 Å². The Labute approximate surface area is 245 Å². The Morgan fingerprint density at radius 3 is 2.45 bits per heavy atom. The van der Waals surface area contributed by atoms with Gasteiger partial charge in [-0.3, -0.25) is 10.1 Å². The minimum absolute atomic E-state index is 0.0383. The molecule has 1 atom stereocenters. The number of unbranched alkanes of at least 4 members (excludes halogenated alkanes) is 2. The molecule has 0 bridgehead atoms. The van der Waals surface area contributed by atoms with Gasteiger partial charge >= 0.3 is 5.97 Å². The average molecular weight is 612 g/mol. The van der Waals surface area contributed by atoms with E-state index in [4.69, 9.17) is 37.4 Å². The summed E-state index contributed by atoms with van der Waals surface area (Å²) in [6.07, 6.45) is 4.42. The molecule has 0 aliphatic heterocycles. The monoisotopic (exact) mass is 610 g/mol. The second-order valence-electron chi connectivity index (χ2n) is 8.61. The molecule has 0 radical (unpaired) electrons. The summed E-state index contributed by atoms with van der Waals surface area (Å²) in [5, 5.41) is 12.4. The van der Waals surface area contributed by atoms with Crippen molar-refractivity contribution >= 4 is 57.6 Å². The molecule has 1 heterocycles. The van der Waals surface area contributed by atoms with Crippen LogP contribution in [0.15, 0.2) is 36.1 Å². The fourth-order valence-electron chi connectivity index (χ4n) is 3.99. The van der Waals surface area contributed by atoms with E-state index in [1.54, 1.807) is 25.3 Å². The maximum Gasteiger partial charge on any atom is 0.371 e. The number of halogens is 3. The van der Waals surface area contributed by atoms with Gasteiger partial charge in [-0.25, -0.2) is 14.2 Å². The van der Waals surface area contributed by atoms with Gasteiger partial charge in [0.1, 0.15) is 11.5 Å². The Kier molecular flexibility index (Phi) is 11.3. The molecule has 3 rings (SSSR count). The number of anilines is 1. The van der Waals surface area contributed by atoms with Crippen molar-refractivity contribution in [1.82, 2.24) is 4.98 Å². The van der Waals surface area contributed by atoms with Gasteiger partial charge in [-0.05, 0) is 30.7 Å². The van der Waals surface area contributed by atoms with Gasteiger partial charge in [0, 0.05) is 29.4 Å². The molecule has 0 fully saturated rings. The normalized spacial score (nSPS) is 12.2. The van der Waals surface area contributed by atoms with Gasteiger partial charge < -0.3 is 19.3 Å². The summed E-state index contributed by atoms with van der Waals surface area (Å²) in [5.74, 6) is -2.73. The number of nitrogens with one attached hydrogen (secondary N) is 1. The lowest BCUT2D eigenvalue weighted by atomic mass is 9.99.